The first-order valence-corrected chi connectivity index (χ1v) is 5.42. The molecule has 92 valence electrons. The van der Waals surface area contributed by atoms with Crippen molar-refractivity contribution in [3.05, 3.63) is 0 Å². The fourth-order valence-electron chi connectivity index (χ4n) is 0.815. The topological polar surface area (TPSA) is 66.4 Å². The Kier molecular flexibility index (Phi) is 17.5. The van der Waals surface area contributed by atoms with E-state index in [0.717, 1.165) is 5.75 Å². The summed E-state index contributed by atoms with van der Waals surface area (Å²) in [6, 6.07) is -0.601. The monoisotopic (exact) mass is 367 g/mol. The molecule has 0 aliphatic heterocycles. The minimum atomic E-state index is -0.893. The van der Waals surface area contributed by atoms with Crippen LogP contribution >= 0.6 is 49.2 Å². The Morgan fingerprint density at radius 3 is 2.33 bits per heavy atom. The third-order valence-corrected chi connectivity index (χ3v) is 2.15. The number of hydrogen-bond donors (Lipinski definition) is 2. The van der Waals surface area contributed by atoms with Crippen LogP contribution < -0.4 is 5.32 Å². The second kappa shape index (κ2) is 12.6. The molecule has 0 saturated heterocycles. The van der Waals surface area contributed by atoms with Crippen molar-refractivity contribution in [1.29, 1.82) is 0 Å². The summed E-state index contributed by atoms with van der Waals surface area (Å²) in [6.45, 7) is 1.56. The zero-order valence-electron chi connectivity index (χ0n) is 8.78. The summed E-state index contributed by atoms with van der Waals surface area (Å²) in [4.78, 5) is 21.2. The van der Waals surface area contributed by atoms with Gasteiger partial charge in [-0.2, -0.15) is 25.3 Å². The van der Waals surface area contributed by atoms with Crippen LogP contribution in [-0.2, 0) is 9.59 Å². The van der Waals surface area contributed by atoms with E-state index in [0.29, 0.717) is 6.42 Å². The lowest BCUT2D eigenvalue weighted by molar-refractivity contribution is -0.139. The molecule has 0 aromatic heterocycles. The van der Waals surface area contributed by atoms with Crippen molar-refractivity contribution in [1.82, 2.24) is 5.32 Å². The predicted octanol–water partition coefficient (Wildman–Crippen LogP) is 1.10. The average molecular weight is 367 g/mol. The molecule has 0 aromatic rings. The molecule has 0 aliphatic rings. The molecule has 1 atom stereocenters. The Hall–Kier alpha value is 0.530. The van der Waals surface area contributed by atoms with Crippen molar-refractivity contribution in [2.24, 2.45) is 0 Å². The Morgan fingerprint density at radius 2 is 2.00 bits per heavy atom. The molecule has 0 unspecified atom stereocenters. The van der Waals surface area contributed by atoms with E-state index in [4.69, 9.17) is 5.11 Å². The highest BCUT2D eigenvalue weighted by atomic mass is 127. The van der Waals surface area contributed by atoms with Gasteiger partial charge in [0.2, 0.25) is 0 Å². The molecule has 0 rings (SSSR count). The summed E-state index contributed by atoms with van der Waals surface area (Å²) < 4.78 is 0. The molecule has 0 radical (unpaired) electrons. The highest BCUT2D eigenvalue weighted by Gasteiger charge is 2.15. The number of Topliss-reactive ketones (excluding diaryl/α,β-unsaturated/α-hetero) is 1. The van der Waals surface area contributed by atoms with Crippen molar-refractivity contribution in [2.45, 2.75) is 19.4 Å². The number of thioether (sulfide) groups is 1. The Labute approximate surface area is 118 Å². The lowest BCUT2D eigenvalue weighted by atomic mass is 10.2. The number of carboxylic acid groups (broad SMARTS) is 1. The number of carbonyl (C=O) groups excluding carboxylic acids is 1. The number of rotatable bonds is 7. The lowest BCUT2D eigenvalue weighted by Gasteiger charge is -2.11. The summed E-state index contributed by atoms with van der Waals surface area (Å²) in [5.74, 6) is -0.160. The van der Waals surface area contributed by atoms with Crippen molar-refractivity contribution < 1.29 is 14.7 Å². The van der Waals surface area contributed by atoms with Crippen LogP contribution in [-0.4, -0.2) is 41.5 Å². The molecule has 0 heterocycles. The minimum Gasteiger partial charge on any atom is -0.480 e. The van der Waals surface area contributed by atoms with Gasteiger partial charge in [0.15, 0.2) is 0 Å². The number of ketones is 1. The fraction of sp³-hybridized carbons (Fsp3) is 0.750. The van der Waals surface area contributed by atoms with E-state index in [1.54, 1.807) is 11.8 Å². The second-order valence-corrected chi connectivity index (χ2v) is 3.74. The summed E-state index contributed by atoms with van der Waals surface area (Å²) in [7, 11) is 0. The van der Waals surface area contributed by atoms with Crippen LogP contribution in [0.15, 0.2) is 0 Å². The lowest BCUT2D eigenvalue weighted by Crippen LogP contribution is -2.39. The molecular formula is C8H18INO3S2. The quantitative estimate of drug-likeness (QED) is 0.660. The highest BCUT2D eigenvalue weighted by Crippen LogP contribution is 2.00. The van der Waals surface area contributed by atoms with Gasteiger partial charge in [-0.15, -0.1) is 24.0 Å². The number of carboxylic acids is 1. The number of carbonyl (C=O) groups is 2. The molecule has 0 bridgehead atoms. The maximum Gasteiger partial charge on any atom is 0.320 e. The highest BCUT2D eigenvalue weighted by molar-refractivity contribution is 14.0. The molecule has 15 heavy (non-hydrogen) atoms. The van der Waals surface area contributed by atoms with Gasteiger partial charge in [0.25, 0.3) is 0 Å². The van der Waals surface area contributed by atoms with Crippen molar-refractivity contribution >= 4 is 61.0 Å². The molecule has 0 spiro atoms. The number of nitrogens with one attached hydrogen (secondary N) is 1. The van der Waals surface area contributed by atoms with Gasteiger partial charge in [0.05, 0.1) is 6.54 Å². The zero-order chi connectivity index (χ0) is 10.3. The van der Waals surface area contributed by atoms with Crippen LogP contribution in [0.5, 0.6) is 0 Å². The Bertz CT molecular complexity index is 193. The molecule has 7 heteroatoms. The number of aliphatic carboxylic acids is 1. The molecule has 0 fully saturated rings. The van der Waals surface area contributed by atoms with Gasteiger partial charge in [-0.1, -0.05) is 0 Å². The number of halogens is 1. The minimum absolute atomic E-state index is 0. The predicted molar refractivity (Wildman–Crippen MR) is 78.9 cm³/mol. The first-order chi connectivity index (χ1) is 6.07. The van der Waals surface area contributed by atoms with Crippen LogP contribution in [0.1, 0.15) is 13.3 Å². The molecule has 0 aromatic carbocycles. The summed E-state index contributed by atoms with van der Waals surface area (Å²) in [5, 5.41) is 11.4. The maximum atomic E-state index is 10.6. The zero-order valence-corrected chi connectivity index (χ0v) is 12.9. The van der Waals surface area contributed by atoms with E-state index < -0.39 is 12.0 Å². The van der Waals surface area contributed by atoms with E-state index >= 15 is 0 Å². The first-order valence-electron chi connectivity index (χ1n) is 4.02. The van der Waals surface area contributed by atoms with Gasteiger partial charge in [-0.3, -0.25) is 14.9 Å². The largest absolute Gasteiger partial charge is 0.480 e. The third kappa shape index (κ3) is 12.5. The normalized spacial score (nSPS) is 10.8. The fourth-order valence-corrected chi connectivity index (χ4v) is 1.29. The second-order valence-electron chi connectivity index (χ2n) is 2.76. The van der Waals surface area contributed by atoms with E-state index in [9.17, 15) is 9.59 Å². The smallest absolute Gasteiger partial charge is 0.320 e. The molecule has 0 saturated carbocycles. The first kappa shape index (κ1) is 20.9. The van der Waals surface area contributed by atoms with Gasteiger partial charge in [0.1, 0.15) is 11.8 Å². The van der Waals surface area contributed by atoms with Gasteiger partial charge < -0.3 is 5.11 Å². The maximum absolute atomic E-state index is 10.6. The summed E-state index contributed by atoms with van der Waals surface area (Å²) in [6.07, 6.45) is 2.47. The van der Waals surface area contributed by atoms with Gasteiger partial charge in [-0.05, 0) is 25.4 Å². The van der Waals surface area contributed by atoms with Crippen LogP contribution in [0.4, 0.5) is 0 Å². The molecule has 2 N–H and O–H groups in total. The molecule has 4 nitrogen and oxygen atoms in total. The van der Waals surface area contributed by atoms with Gasteiger partial charge in [-0.25, -0.2) is 0 Å². The van der Waals surface area contributed by atoms with E-state index in [2.05, 4.69) is 5.32 Å². The Morgan fingerprint density at radius 1 is 1.47 bits per heavy atom. The molecule has 0 aliphatic carbocycles. The van der Waals surface area contributed by atoms with Gasteiger partial charge in [0, 0.05) is 0 Å². The van der Waals surface area contributed by atoms with E-state index in [1.165, 1.54) is 6.92 Å². The van der Waals surface area contributed by atoms with Crippen molar-refractivity contribution in [2.75, 3.05) is 18.6 Å². The van der Waals surface area contributed by atoms with Crippen LogP contribution in [0.3, 0.4) is 0 Å². The van der Waals surface area contributed by atoms with E-state index in [-0.39, 0.29) is 49.8 Å². The SMILES string of the molecule is CSCC[C@H](NCC(C)=O)C(=O)O.I.S. The van der Waals surface area contributed by atoms with Crippen LogP contribution in [0.2, 0.25) is 0 Å². The van der Waals surface area contributed by atoms with Gasteiger partial charge >= 0.3 is 5.97 Å². The number of hydrogen-bond acceptors (Lipinski definition) is 4. The van der Waals surface area contributed by atoms with Crippen molar-refractivity contribution in [3.63, 3.8) is 0 Å². The molecule has 0 amide bonds. The standard InChI is InChI=1S/C8H15NO3S.HI.H2S/c1-6(10)5-9-7(8(11)12)3-4-13-2;;/h7,9H,3-5H2,1-2H3,(H,11,12);1H;1H2/t7-;;/m0../s1. The van der Waals surface area contributed by atoms with Crippen LogP contribution in [0, 0.1) is 0 Å². The third-order valence-electron chi connectivity index (χ3n) is 1.51. The van der Waals surface area contributed by atoms with Crippen molar-refractivity contribution in [3.8, 4) is 0 Å². The molecular weight excluding hydrogens is 349 g/mol. The Balaban J connectivity index is -0.000000720. The van der Waals surface area contributed by atoms with Crippen LogP contribution in [0.25, 0.3) is 0 Å². The average Bonchev–Trinajstić information content (AvgIpc) is 2.03. The summed E-state index contributed by atoms with van der Waals surface area (Å²) >= 11 is 1.59. The van der Waals surface area contributed by atoms with E-state index in [1.807, 2.05) is 6.26 Å². The summed E-state index contributed by atoms with van der Waals surface area (Å²) in [5.41, 5.74) is 0.